The highest BCUT2D eigenvalue weighted by atomic mass is 32.1. The molecule has 7 nitrogen and oxygen atoms in total. The Hall–Kier alpha value is -2.74. The summed E-state index contributed by atoms with van der Waals surface area (Å²) in [6, 6.07) is 7.50. The predicted molar refractivity (Wildman–Crippen MR) is 95.2 cm³/mol. The number of nitrogens with one attached hydrogen (secondary N) is 1. The maximum atomic E-state index is 12.2. The first-order chi connectivity index (χ1) is 12.2. The fourth-order valence-corrected chi connectivity index (χ4v) is 3.18. The van der Waals surface area contributed by atoms with E-state index in [-0.39, 0.29) is 5.91 Å². The summed E-state index contributed by atoms with van der Waals surface area (Å²) in [4.78, 5) is 17.0. The number of thiazole rings is 1. The number of benzene rings is 1. The van der Waals surface area contributed by atoms with E-state index in [1.807, 2.05) is 24.3 Å². The van der Waals surface area contributed by atoms with Gasteiger partial charge in [0.25, 0.3) is 5.91 Å². The third-order valence-electron chi connectivity index (χ3n) is 3.55. The normalized spacial score (nSPS) is 10.6. The van der Waals surface area contributed by atoms with Gasteiger partial charge in [0.2, 0.25) is 0 Å². The van der Waals surface area contributed by atoms with Gasteiger partial charge in [-0.2, -0.15) is 0 Å². The Morgan fingerprint density at radius 1 is 1.32 bits per heavy atom. The number of nitrogens with zero attached hydrogens (tertiary/aromatic N) is 4. The van der Waals surface area contributed by atoms with Gasteiger partial charge in [0.15, 0.2) is 0 Å². The summed E-state index contributed by atoms with van der Waals surface area (Å²) in [5.41, 5.74) is 1.56. The Morgan fingerprint density at radius 3 is 2.84 bits per heavy atom. The summed E-state index contributed by atoms with van der Waals surface area (Å²) < 4.78 is 6.80. The van der Waals surface area contributed by atoms with Crippen LogP contribution in [0.1, 0.15) is 33.7 Å². The van der Waals surface area contributed by atoms with Crippen LogP contribution in [0.5, 0.6) is 5.75 Å². The van der Waals surface area contributed by atoms with Crippen LogP contribution in [-0.2, 0) is 13.0 Å². The molecule has 0 unspecified atom stereocenters. The van der Waals surface area contributed by atoms with Gasteiger partial charge in [0.1, 0.15) is 16.3 Å². The van der Waals surface area contributed by atoms with Crippen molar-refractivity contribution < 1.29 is 9.53 Å². The maximum absolute atomic E-state index is 12.2. The molecule has 1 amide bonds. The average molecular weight is 357 g/mol. The molecule has 0 atom stereocenters. The molecule has 2 aromatic heterocycles. The number of methoxy groups -OCH3 is 1. The summed E-state index contributed by atoms with van der Waals surface area (Å²) in [6.45, 7) is 2.41. The quantitative estimate of drug-likeness (QED) is 0.703. The van der Waals surface area contributed by atoms with Crippen molar-refractivity contribution in [2.24, 2.45) is 0 Å². The average Bonchev–Trinajstić information content (AvgIpc) is 3.30. The van der Waals surface area contributed by atoms with Gasteiger partial charge in [0.05, 0.1) is 36.7 Å². The van der Waals surface area contributed by atoms with Crippen LogP contribution in [0.4, 0.5) is 0 Å². The fourth-order valence-electron chi connectivity index (χ4n) is 2.24. The van der Waals surface area contributed by atoms with Crippen molar-refractivity contribution >= 4 is 17.2 Å². The van der Waals surface area contributed by atoms with E-state index in [9.17, 15) is 4.79 Å². The van der Waals surface area contributed by atoms with Crippen LogP contribution in [0.15, 0.2) is 36.7 Å². The van der Waals surface area contributed by atoms with Gasteiger partial charge in [-0.15, -0.1) is 16.4 Å². The number of amides is 1. The summed E-state index contributed by atoms with van der Waals surface area (Å²) in [7, 11) is 1.62. The molecule has 0 saturated heterocycles. The molecule has 1 N–H and O–H groups in total. The molecule has 0 bridgehead atoms. The smallest absolute Gasteiger partial charge is 0.263 e. The van der Waals surface area contributed by atoms with Gasteiger partial charge < -0.3 is 10.1 Å². The molecule has 0 aliphatic heterocycles. The Morgan fingerprint density at radius 2 is 2.12 bits per heavy atom. The molecule has 130 valence electrons. The van der Waals surface area contributed by atoms with Crippen LogP contribution in [-0.4, -0.2) is 33.0 Å². The molecule has 3 aromatic rings. The van der Waals surface area contributed by atoms with Crippen LogP contribution < -0.4 is 10.1 Å². The number of aromatic nitrogens is 4. The van der Waals surface area contributed by atoms with Crippen LogP contribution >= 0.6 is 11.3 Å². The molecule has 8 heteroatoms. The van der Waals surface area contributed by atoms with E-state index in [0.717, 1.165) is 29.3 Å². The molecule has 0 aliphatic rings. The van der Waals surface area contributed by atoms with Crippen LogP contribution in [0, 0.1) is 0 Å². The number of carbonyl (C=O) groups is 1. The number of ether oxygens (including phenoxy) is 1. The first-order valence-corrected chi connectivity index (χ1v) is 8.79. The highest BCUT2D eigenvalue weighted by molar-refractivity contribution is 7.13. The molecule has 2 heterocycles. The van der Waals surface area contributed by atoms with E-state index in [1.165, 1.54) is 11.3 Å². The lowest BCUT2D eigenvalue weighted by Gasteiger charge is -2.02. The van der Waals surface area contributed by atoms with Gasteiger partial charge in [-0.1, -0.05) is 12.1 Å². The first kappa shape index (κ1) is 17.1. The summed E-state index contributed by atoms with van der Waals surface area (Å²) >= 11 is 1.43. The Bertz CT molecular complexity index is 841. The Labute approximate surface area is 149 Å². The minimum absolute atomic E-state index is 0.140. The van der Waals surface area contributed by atoms with E-state index >= 15 is 0 Å². The van der Waals surface area contributed by atoms with Gasteiger partial charge in [0, 0.05) is 0 Å². The number of rotatable bonds is 7. The topological polar surface area (TPSA) is 81.9 Å². The summed E-state index contributed by atoms with van der Waals surface area (Å²) in [5.74, 6) is 0.641. The minimum atomic E-state index is -0.140. The van der Waals surface area contributed by atoms with Gasteiger partial charge >= 0.3 is 0 Å². The van der Waals surface area contributed by atoms with E-state index < -0.39 is 0 Å². The minimum Gasteiger partial charge on any atom is -0.497 e. The van der Waals surface area contributed by atoms with E-state index in [0.29, 0.717) is 17.1 Å². The second kappa shape index (κ2) is 7.89. The van der Waals surface area contributed by atoms with Crippen LogP contribution in [0.25, 0.3) is 5.69 Å². The van der Waals surface area contributed by atoms with Crippen molar-refractivity contribution in [1.29, 1.82) is 0 Å². The molecule has 0 fully saturated rings. The predicted octanol–water partition coefficient (Wildman–Crippen LogP) is 2.61. The monoisotopic (exact) mass is 357 g/mol. The largest absolute Gasteiger partial charge is 0.497 e. The zero-order valence-electron chi connectivity index (χ0n) is 14.1. The summed E-state index contributed by atoms with van der Waals surface area (Å²) in [5, 5.41) is 12.0. The van der Waals surface area contributed by atoms with E-state index in [1.54, 1.807) is 24.2 Å². The van der Waals surface area contributed by atoms with Gasteiger partial charge in [-0.3, -0.25) is 4.79 Å². The SMILES string of the molecule is CCCc1ncc(C(=O)NCc2cn(-c3ccc(OC)cc3)nn2)s1. The molecule has 3 rings (SSSR count). The molecule has 0 spiro atoms. The van der Waals surface area contributed by atoms with Crippen LogP contribution in [0.2, 0.25) is 0 Å². The van der Waals surface area contributed by atoms with Crippen molar-refractivity contribution in [2.75, 3.05) is 7.11 Å². The zero-order valence-corrected chi connectivity index (χ0v) is 14.9. The molecular weight excluding hydrogens is 338 g/mol. The Balaban J connectivity index is 1.59. The standard InChI is InChI=1S/C17H19N5O2S/c1-3-4-16-18-10-15(25-16)17(23)19-9-12-11-22(21-20-12)13-5-7-14(24-2)8-6-13/h5-8,10-11H,3-4,9H2,1-2H3,(H,19,23). The molecule has 0 aliphatic carbocycles. The Kier molecular flexibility index (Phi) is 5.39. The zero-order chi connectivity index (χ0) is 17.6. The van der Waals surface area contributed by atoms with E-state index in [4.69, 9.17) is 4.74 Å². The lowest BCUT2D eigenvalue weighted by atomic mass is 10.3. The number of hydrogen-bond acceptors (Lipinski definition) is 6. The second-order valence-electron chi connectivity index (χ2n) is 5.40. The third kappa shape index (κ3) is 4.21. The number of carbonyl (C=O) groups excluding carboxylic acids is 1. The first-order valence-electron chi connectivity index (χ1n) is 7.98. The van der Waals surface area contributed by atoms with Gasteiger partial charge in [-0.05, 0) is 37.1 Å². The lowest BCUT2D eigenvalue weighted by Crippen LogP contribution is -2.22. The van der Waals surface area contributed by atoms with Crippen molar-refractivity contribution in [3.05, 3.63) is 52.2 Å². The molecule has 0 radical (unpaired) electrons. The molecule has 0 saturated carbocycles. The maximum Gasteiger partial charge on any atom is 0.263 e. The van der Waals surface area contributed by atoms with Crippen molar-refractivity contribution in [3.63, 3.8) is 0 Å². The van der Waals surface area contributed by atoms with Crippen molar-refractivity contribution in [3.8, 4) is 11.4 Å². The lowest BCUT2D eigenvalue weighted by molar-refractivity contribution is 0.0954. The van der Waals surface area contributed by atoms with Crippen LogP contribution in [0.3, 0.4) is 0 Å². The number of hydrogen-bond donors (Lipinski definition) is 1. The van der Waals surface area contributed by atoms with Crippen molar-refractivity contribution in [2.45, 2.75) is 26.3 Å². The molecule has 1 aromatic carbocycles. The number of aryl methyl sites for hydroxylation is 1. The van der Waals surface area contributed by atoms with Crippen molar-refractivity contribution in [1.82, 2.24) is 25.3 Å². The summed E-state index contributed by atoms with van der Waals surface area (Å²) in [6.07, 6.45) is 5.33. The fraction of sp³-hybridized carbons (Fsp3) is 0.294. The van der Waals surface area contributed by atoms with E-state index in [2.05, 4.69) is 27.5 Å². The third-order valence-corrected chi connectivity index (χ3v) is 4.60. The molecular formula is C17H19N5O2S. The highest BCUT2D eigenvalue weighted by Crippen LogP contribution is 2.15. The second-order valence-corrected chi connectivity index (χ2v) is 6.52. The highest BCUT2D eigenvalue weighted by Gasteiger charge is 2.11. The van der Waals surface area contributed by atoms with Gasteiger partial charge in [-0.25, -0.2) is 9.67 Å². The molecule has 25 heavy (non-hydrogen) atoms.